The number of benzene rings is 1. The van der Waals surface area contributed by atoms with Gasteiger partial charge in [-0.1, -0.05) is 11.6 Å². The number of aryl methyl sites for hydroxylation is 1. The molecule has 1 N–H and O–H groups in total. The van der Waals surface area contributed by atoms with Crippen molar-refractivity contribution in [3.05, 3.63) is 35.1 Å². The summed E-state index contributed by atoms with van der Waals surface area (Å²) >= 11 is 6.14. The van der Waals surface area contributed by atoms with Crippen molar-refractivity contribution in [3.63, 3.8) is 0 Å². The minimum Gasteiger partial charge on any atom is -0.488 e. The number of ether oxygens (including phenoxy) is 3. The summed E-state index contributed by atoms with van der Waals surface area (Å²) in [4.78, 5) is 14.6. The highest BCUT2D eigenvalue weighted by Crippen LogP contribution is 2.40. The smallest absolute Gasteiger partial charge is 0.275 e. The topological polar surface area (TPSA) is 86.1 Å². The van der Waals surface area contributed by atoms with E-state index < -0.39 is 6.10 Å². The van der Waals surface area contributed by atoms with Crippen LogP contribution in [0.3, 0.4) is 0 Å². The average Bonchev–Trinajstić information content (AvgIpc) is 3.39. The van der Waals surface area contributed by atoms with Crippen LogP contribution < -0.4 is 14.2 Å². The van der Waals surface area contributed by atoms with Crippen molar-refractivity contribution in [2.75, 3.05) is 19.9 Å². The number of hydrogen-bond acceptors (Lipinski definition) is 6. The van der Waals surface area contributed by atoms with Crippen molar-refractivity contribution < 1.29 is 24.1 Å². The number of nitrogens with zero attached hydrogens (tertiary/aromatic N) is 3. The number of aliphatic hydroxyl groups is 1. The van der Waals surface area contributed by atoms with Gasteiger partial charge in [0.15, 0.2) is 17.2 Å². The third-order valence-electron chi connectivity index (χ3n) is 5.99. The molecule has 0 bridgehead atoms. The van der Waals surface area contributed by atoms with Gasteiger partial charge < -0.3 is 24.2 Å². The Kier molecular flexibility index (Phi) is 4.55. The molecule has 1 aromatic heterocycles. The van der Waals surface area contributed by atoms with Crippen LogP contribution in [0.15, 0.2) is 24.4 Å². The second kappa shape index (κ2) is 7.11. The first kappa shape index (κ1) is 18.6. The predicted molar refractivity (Wildman–Crippen MR) is 103 cm³/mol. The van der Waals surface area contributed by atoms with E-state index in [-0.39, 0.29) is 36.3 Å². The Hall–Kier alpha value is -2.45. The van der Waals surface area contributed by atoms with Gasteiger partial charge in [-0.15, -0.1) is 0 Å². The third-order valence-corrected chi connectivity index (χ3v) is 6.27. The average molecular weight is 420 g/mol. The van der Waals surface area contributed by atoms with Crippen LogP contribution in [0.2, 0.25) is 5.02 Å². The minimum atomic E-state index is -0.588. The molecule has 5 rings (SSSR count). The van der Waals surface area contributed by atoms with E-state index in [2.05, 4.69) is 5.10 Å². The first-order chi connectivity index (χ1) is 14.0. The molecule has 29 heavy (non-hydrogen) atoms. The SMILES string of the molecule is Cn1cc(Cl)c(C(=O)N2C[C@H]3C[C@@H](Oc4ccc5c(c4)OCO5)[C@H](O)C[C@H]3C2)n1. The Labute approximate surface area is 172 Å². The largest absolute Gasteiger partial charge is 0.488 e. The van der Waals surface area contributed by atoms with E-state index in [1.807, 2.05) is 12.1 Å². The number of aromatic nitrogens is 2. The lowest BCUT2D eigenvalue weighted by Crippen LogP contribution is -2.42. The maximum Gasteiger partial charge on any atom is 0.275 e. The van der Waals surface area contributed by atoms with Crippen molar-refractivity contribution in [1.82, 2.24) is 14.7 Å². The van der Waals surface area contributed by atoms with Gasteiger partial charge in [0.2, 0.25) is 6.79 Å². The standard InChI is InChI=1S/C20H22ClN3O5/c1-23-9-14(21)19(22-23)20(26)24-7-11-4-15(25)17(5-12(11)8-24)29-13-2-3-16-18(6-13)28-10-27-16/h2-3,6,9,11-12,15,17,25H,4-5,7-8,10H2,1H3/t11-,12+,15+,17+/m0/s1. The van der Waals surface area contributed by atoms with Crippen LogP contribution in [0.4, 0.5) is 0 Å². The van der Waals surface area contributed by atoms with E-state index in [1.54, 1.807) is 24.2 Å². The normalized spacial score (nSPS) is 27.8. The Morgan fingerprint density at radius 2 is 2.00 bits per heavy atom. The molecule has 3 aliphatic rings. The summed E-state index contributed by atoms with van der Waals surface area (Å²) in [6.45, 7) is 1.42. The van der Waals surface area contributed by atoms with Crippen molar-refractivity contribution in [2.24, 2.45) is 18.9 Å². The predicted octanol–water partition coefficient (Wildman–Crippen LogP) is 2.09. The number of aliphatic hydroxyl groups excluding tert-OH is 1. The lowest BCUT2D eigenvalue weighted by Gasteiger charge is -2.35. The highest BCUT2D eigenvalue weighted by Gasteiger charge is 2.44. The number of fused-ring (bicyclic) bond motifs is 2. The molecule has 1 aromatic carbocycles. The molecule has 0 radical (unpaired) electrons. The summed E-state index contributed by atoms with van der Waals surface area (Å²) in [6.07, 6.45) is 1.98. The molecule has 154 valence electrons. The molecule has 2 aliphatic heterocycles. The maximum absolute atomic E-state index is 12.8. The van der Waals surface area contributed by atoms with Crippen LogP contribution in [-0.2, 0) is 7.05 Å². The van der Waals surface area contributed by atoms with Gasteiger partial charge in [0, 0.05) is 32.4 Å². The van der Waals surface area contributed by atoms with Crippen molar-refractivity contribution in [3.8, 4) is 17.2 Å². The highest BCUT2D eigenvalue weighted by molar-refractivity contribution is 6.33. The van der Waals surface area contributed by atoms with Crippen LogP contribution in [0, 0.1) is 11.8 Å². The fourth-order valence-corrected chi connectivity index (χ4v) is 4.82. The molecule has 1 aliphatic carbocycles. The van der Waals surface area contributed by atoms with E-state index in [0.717, 1.165) is 0 Å². The van der Waals surface area contributed by atoms with Gasteiger partial charge >= 0.3 is 0 Å². The maximum atomic E-state index is 12.8. The summed E-state index contributed by atoms with van der Waals surface area (Å²) in [6, 6.07) is 5.41. The fourth-order valence-electron chi connectivity index (χ4n) is 4.56. The van der Waals surface area contributed by atoms with Gasteiger partial charge in [0.1, 0.15) is 11.9 Å². The van der Waals surface area contributed by atoms with Crippen molar-refractivity contribution in [1.29, 1.82) is 0 Å². The summed E-state index contributed by atoms with van der Waals surface area (Å²) in [5, 5.41) is 15.2. The van der Waals surface area contributed by atoms with Gasteiger partial charge in [-0.2, -0.15) is 5.10 Å². The van der Waals surface area contributed by atoms with E-state index in [0.29, 0.717) is 48.2 Å². The fraction of sp³-hybridized carbons (Fsp3) is 0.500. The molecule has 8 nitrogen and oxygen atoms in total. The number of rotatable bonds is 3. The van der Waals surface area contributed by atoms with E-state index in [9.17, 15) is 9.90 Å². The Bertz CT molecular complexity index is 948. The zero-order chi connectivity index (χ0) is 20.1. The van der Waals surface area contributed by atoms with Gasteiger partial charge in [-0.05, 0) is 36.8 Å². The molecule has 4 atom stereocenters. The van der Waals surface area contributed by atoms with E-state index in [4.69, 9.17) is 25.8 Å². The van der Waals surface area contributed by atoms with Crippen molar-refractivity contribution >= 4 is 17.5 Å². The van der Waals surface area contributed by atoms with Gasteiger partial charge in [-0.3, -0.25) is 9.48 Å². The third kappa shape index (κ3) is 3.40. The highest BCUT2D eigenvalue weighted by atomic mass is 35.5. The van der Waals surface area contributed by atoms with Crippen LogP contribution in [0.5, 0.6) is 17.2 Å². The van der Waals surface area contributed by atoms with Gasteiger partial charge in [0.25, 0.3) is 5.91 Å². The quantitative estimate of drug-likeness (QED) is 0.819. The monoisotopic (exact) mass is 419 g/mol. The zero-order valence-corrected chi connectivity index (χ0v) is 16.7. The molecule has 1 amide bonds. The van der Waals surface area contributed by atoms with Crippen molar-refractivity contribution in [2.45, 2.75) is 25.0 Å². The summed E-state index contributed by atoms with van der Waals surface area (Å²) in [7, 11) is 1.74. The number of amides is 1. The molecule has 0 unspecified atom stereocenters. The Morgan fingerprint density at radius 3 is 2.76 bits per heavy atom. The zero-order valence-electron chi connectivity index (χ0n) is 16.0. The number of likely N-dealkylation sites (tertiary alicyclic amines) is 1. The summed E-state index contributed by atoms with van der Waals surface area (Å²) in [5.41, 5.74) is 0.279. The second-order valence-corrected chi connectivity index (χ2v) is 8.35. The van der Waals surface area contributed by atoms with Crippen LogP contribution in [0.1, 0.15) is 23.3 Å². The number of hydrogen-bond donors (Lipinski definition) is 1. The molecular formula is C20H22ClN3O5. The molecule has 0 spiro atoms. The van der Waals surface area contributed by atoms with Crippen LogP contribution in [0.25, 0.3) is 0 Å². The number of halogens is 1. The molecule has 3 heterocycles. The molecule has 1 saturated heterocycles. The number of carbonyl (C=O) groups excluding carboxylic acids is 1. The Balaban J connectivity index is 1.26. The molecule has 1 saturated carbocycles. The second-order valence-electron chi connectivity index (χ2n) is 7.94. The van der Waals surface area contributed by atoms with Gasteiger partial charge in [0.05, 0.1) is 11.1 Å². The molecule has 2 fully saturated rings. The lowest BCUT2D eigenvalue weighted by molar-refractivity contribution is -0.0232. The molecule has 9 heteroatoms. The minimum absolute atomic E-state index is 0.160. The van der Waals surface area contributed by atoms with Gasteiger partial charge in [-0.25, -0.2) is 0 Å². The summed E-state index contributed by atoms with van der Waals surface area (Å²) in [5.74, 6) is 2.34. The van der Waals surface area contributed by atoms with Crippen LogP contribution in [-0.4, -0.2) is 57.8 Å². The van der Waals surface area contributed by atoms with Crippen LogP contribution >= 0.6 is 11.6 Å². The summed E-state index contributed by atoms with van der Waals surface area (Å²) < 4.78 is 18.3. The first-order valence-corrected chi connectivity index (χ1v) is 10.1. The Morgan fingerprint density at radius 1 is 1.24 bits per heavy atom. The molecular weight excluding hydrogens is 398 g/mol. The first-order valence-electron chi connectivity index (χ1n) is 9.70. The lowest BCUT2D eigenvalue weighted by atomic mass is 9.78. The van der Waals surface area contributed by atoms with E-state index in [1.165, 1.54) is 4.68 Å². The molecule has 2 aromatic rings. The van der Waals surface area contributed by atoms with E-state index >= 15 is 0 Å². The number of carbonyl (C=O) groups is 1.